The van der Waals surface area contributed by atoms with Crippen LogP contribution in [0.1, 0.15) is 46.2 Å². The molecule has 0 saturated heterocycles. The molecule has 0 amide bonds. The number of ether oxygens (including phenoxy) is 1. The quantitative estimate of drug-likeness (QED) is 0.841. The Morgan fingerprint density at radius 2 is 1.81 bits per heavy atom. The molecule has 1 aromatic carbocycles. The molecule has 0 aliphatic heterocycles. The van der Waals surface area contributed by atoms with Crippen molar-refractivity contribution in [1.29, 1.82) is 0 Å². The standard InChI is InChI=1S/C16H27NO3S/c1-7-17-15(16(4,5)21(6,18)19)13-10-8-9-11-14(13)20-12(2)3/h8-12,15,17H,7H2,1-6H3. The van der Waals surface area contributed by atoms with Crippen LogP contribution in [0.4, 0.5) is 0 Å². The first kappa shape index (κ1) is 18.0. The lowest BCUT2D eigenvalue weighted by Crippen LogP contribution is -2.45. The van der Waals surface area contributed by atoms with E-state index in [2.05, 4.69) is 5.32 Å². The van der Waals surface area contributed by atoms with Crippen molar-refractivity contribution < 1.29 is 13.2 Å². The minimum atomic E-state index is -3.24. The van der Waals surface area contributed by atoms with Crippen molar-refractivity contribution >= 4 is 9.84 Å². The second-order valence-corrected chi connectivity index (χ2v) is 8.67. The van der Waals surface area contributed by atoms with E-state index in [-0.39, 0.29) is 12.1 Å². The molecule has 0 aliphatic carbocycles. The van der Waals surface area contributed by atoms with E-state index in [0.717, 1.165) is 11.3 Å². The van der Waals surface area contributed by atoms with E-state index in [4.69, 9.17) is 4.74 Å². The minimum Gasteiger partial charge on any atom is -0.491 e. The van der Waals surface area contributed by atoms with Crippen LogP contribution in [0.2, 0.25) is 0 Å². The maximum absolute atomic E-state index is 12.2. The fourth-order valence-electron chi connectivity index (χ4n) is 2.23. The molecule has 1 atom stereocenters. The summed E-state index contributed by atoms with van der Waals surface area (Å²) in [4.78, 5) is 0. The highest BCUT2D eigenvalue weighted by Crippen LogP contribution is 2.37. The Morgan fingerprint density at radius 3 is 2.29 bits per heavy atom. The Kier molecular flexibility index (Phi) is 5.82. The zero-order chi connectivity index (χ0) is 16.3. The molecule has 0 radical (unpaired) electrons. The van der Waals surface area contributed by atoms with Crippen LogP contribution in [0.25, 0.3) is 0 Å². The lowest BCUT2D eigenvalue weighted by atomic mass is 9.94. The number of para-hydroxylation sites is 1. The molecular weight excluding hydrogens is 286 g/mol. The topological polar surface area (TPSA) is 55.4 Å². The van der Waals surface area contributed by atoms with Crippen LogP contribution in [0, 0.1) is 0 Å². The predicted molar refractivity (Wildman–Crippen MR) is 87.5 cm³/mol. The van der Waals surface area contributed by atoms with E-state index >= 15 is 0 Å². The van der Waals surface area contributed by atoms with Gasteiger partial charge in [-0.05, 0) is 40.3 Å². The number of benzene rings is 1. The third-order valence-electron chi connectivity index (χ3n) is 3.65. The van der Waals surface area contributed by atoms with Gasteiger partial charge in [0, 0.05) is 11.8 Å². The van der Waals surface area contributed by atoms with Gasteiger partial charge in [-0.1, -0.05) is 25.1 Å². The van der Waals surface area contributed by atoms with Gasteiger partial charge in [-0.2, -0.15) is 0 Å². The smallest absolute Gasteiger partial charge is 0.154 e. The summed E-state index contributed by atoms with van der Waals surface area (Å²) in [6.07, 6.45) is 1.32. The Morgan fingerprint density at radius 1 is 1.24 bits per heavy atom. The molecule has 4 nitrogen and oxygen atoms in total. The van der Waals surface area contributed by atoms with Gasteiger partial charge in [0.05, 0.1) is 16.9 Å². The molecule has 0 aliphatic rings. The summed E-state index contributed by atoms with van der Waals surface area (Å²) in [5.74, 6) is 0.732. The van der Waals surface area contributed by atoms with E-state index in [1.54, 1.807) is 13.8 Å². The van der Waals surface area contributed by atoms with Crippen LogP contribution >= 0.6 is 0 Å². The summed E-state index contributed by atoms with van der Waals surface area (Å²) < 4.78 is 29.3. The van der Waals surface area contributed by atoms with Crippen LogP contribution in [0.15, 0.2) is 24.3 Å². The van der Waals surface area contributed by atoms with Crippen molar-refractivity contribution in [3.8, 4) is 5.75 Å². The van der Waals surface area contributed by atoms with Crippen molar-refractivity contribution in [2.45, 2.75) is 51.5 Å². The van der Waals surface area contributed by atoms with Gasteiger partial charge in [0.15, 0.2) is 9.84 Å². The second kappa shape index (κ2) is 6.79. The average Bonchev–Trinajstić information content (AvgIpc) is 2.34. The molecular formula is C16H27NO3S. The predicted octanol–water partition coefficient (Wildman–Crippen LogP) is 2.95. The highest BCUT2D eigenvalue weighted by Gasteiger charge is 2.40. The SMILES string of the molecule is CCNC(c1ccccc1OC(C)C)C(C)(C)S(C)(=O)=O. The maximum atomic E-state index is 12.2. The van der Waals surface area contributed by atoms with E-state index < -0.39 is 14.6 Å². The first-order valence-electron chi connectivity index (χ1n) is 7.29. The van der Waals surface area contributed by atoms with Crippen molar-refractivity contribution in [3.63, 3.8) is 0 Å². The van der Waals surface area contributed by atoms with Crippen molar-refractivity contribution in [1.82, 2.24) is 5.32 Å². The van der Waals surface area contributed by atoms with Crippen LogP contribution in [-0.4, -0.2) is 32.1 Å². The third-order valence-corrected chi connectivity index (χ3v) is 5.80. The van der Waals surface area contributed by atoms with Crippen LogP contribution < -0.4 is 10.1 Å². The van der Waals surface area contributed by atoms with Crippen molar-refractivity contribution in [2.75, 3.05) is 12.8 Å². The fraction of sp³-hybridized carbons (Fsp3) is 0.625. The first-order chi connectivity index (χ1) is 9.61. The molecule has 1 unspecified atom stereocenters. The molecule has 1 N–H and O–H groups in total. The molecule has 5 heteroatoms. The van der Waals surface area contributed by atoms with E-state index in [1.807, 2.05) is 45.0 Å². The number of hydrogen-bond acceptors (Lipinski definition) is 4. The van der Waals surface area contributed by atoms with Crippen molar-refractivity contribution in [3.05, 3.63) is 29.8 Å². The second-order valence-electron chi connectivity index (χ2n) is 6.07. The summed E-state index contributed by atoms with van der Waals surface area (Å²) in [6, 6.07) is 7.30. The fourth-order valence-corrected chi connectivity index (χ4v) is 2.87. The average molecular weight is 313 g/mol. The number of sulfone groups is 1. The number of hydrogen-bond donors (Lipinski definition) is 1. The number of rotatable bonds is 7. The Hall–Kier alpha value is -1.07. The summed E-state index contributed by atoms with van der Waals surface area (Å²) in [6.45, 7) is 10.1. The Labute approximate surface area is 128 Å². The van der Waals surface area contributed by atoms with Gasteiger partial charge < -0.3 is 10.1 Å². The largest absolute Gasteiger partial charge is 0.491 e. The van der Waals surface area contributed by atoms with Crippen LogP contribution in [-0.2, 0) is 9.84 Å². The molecule has 0 fully saturated rings. The van der Waals surface area contributed by atoms with Gasteiger partial charge in [-0.25, -0.2) is 8.42 Å². The molecule has 1 rings (SSSR count). The lowest BCUT2D eigenvalue weighted by molar-refractivity contribution is 0.236. The molecule has 0 aromatic heterocycles. The molecule has 0 saturated carbocycles. The summed E-state index contributed by atoms with van der Waals surface area (Å²) >= 11 is 0. The minimum absolute atomic E-state index is 0.0368. The van der Waals surface area contributed by atoms with Gasteiger partial charge in [-0.15, -0.1) is 0 Å². The molecule has 0 heterocycles. The summed E-state index contributed by atoms with van der Waals surface area (Å²) in [5.41, 5.74) is 0.878. The molecule has 1 aromatic rings. The summed E-state index contributed by atoms with van der Waals surface area (Å²) in [5, 5.41) is 3.30. The van der Waals surface area contributed by atoms with Crippen LogP contribution in [0.5, 0.6) is 5.75 Å². The molecule has 0 bridgehead atoms. The Balaban J connectivity index is 3.36. The Bertz CT molecular complexity index is 565. The highest BCUT2D eigenvalue weighted by atomic mass is 32.2. The van der Waals surface area contributed by atoms with Gasteiger partial charge in [0.2, 0.25) is 0 Å². The van der Waals surface area contributed by atoms with Gasteiger partial charge in [0.1, 0.15) is 5.75 Å². The lowest BCUT2D eigenvalue weighted by Gasteiger charge is -2.34. The zero-order valence-corrected chi connectivity index (χ0v) is 14.6. The normalized spacial score (nSPS) is 14.2. The van der Waals surface area contributed by atoms with Gasteiger partial charge in [-0.3, -0.25) is 0 Å². The maximum Gasteiger partial charge on any atom is 0.154 e. The van der Waals surface area contributed by atoms with Gasteiger partial charge in [0.25, 0.3) is 0 Å². The number of nitrogens with one attached hydrogen (secondary N) is 1. The summed E-state index contributed by atoms with van der Waals surface area (Å²) in [7, 11) is -3.24. The molecule has 0 spiro atoms. The van der Waals surface area contributed by atoms with Crippen LogP contribution in [0.3, 0.4) is 0 Å². The zero-order valence-electron chi connectivity index (χ0n) is 13.8. The van der Waals surface area contributed by atoms with E-state index in [0.29, 0.717) is 6.54 Å². The first-order valence-corrected chi connectivity index (χ1v) is 9.19. The highest BCUT2D eigenvalue weighted by molar-refractivity contribution is 7.92. The molecule has 21 heavy (non-hydrogen) atoms. The van der Waals surface area contributed by atoms with E-state index in [1.165, 1.54) is 6.26 Å². The third kappa shape index (κ3) is 4.20. The van der Waals surface area contributed by atoms with Gasteiger partial charge >= 0.3 is 0 Å². The van der Waals surface area contributed by atoms with Crippen molar-refractivity contribution in [2.24, 2.45) is 0 Å². The van der Waals surface area contributed by atoms with E-state index in [9.17, 15) is 8.42 Å². The molecule has 120 valence electrons. The monoisotopic (exact) mass is 313 g/mol.